The average Bonchev–Trinajstić information content (AvgIpc) is 2.72. The van der Waals surface area contributed by atoms with Crippen LogP contribution in [0.5, 0.6) is 11.5 Å². The first-order valence-corrected chi connectivity index (χ1v) is 9.79. The van der Waals surface area contributed by atoms with E-state index >= 15 is 0 Å². The predicted molar refractivity (Wildman–Crippen MR) is 111 cm³/mol. The highest BCUT2D eigenvalue weighted by Gasteiger charge is 2.10. The van der Waals surface area contributed by atoms with E-state index in [4.69, 9.17) is 13.9 Å². The van der Waals surface area contributed by atoms with Crippen LogP contribution in [0, 0.1) is 19.7 Å². The molecular formula is C23H24FNO5. The minimum atomic E-state index is -0.318. The van der Waals surface area contributed by atoms with Crippen LogP contribution in [-0.4, -0.2) is 17.8 Å². The first-order valence-electron chi connectivity index (χ1n) is 9.79. The van der Waals surface area contributed by atoms with Gasteiger partial charge in [-0.05, 0) is 57.4 Å². The Morgan fingerprint density at radius 1 is 0.867 bits per heavy atom. The molecule has 3 rings (SSSR count). The van der Waals surface area contributed by atoms with Crippen molar-refractivity contribution in [3.8, 4) is 17.2 Å². The third-order valence-electron chi connectivity index (χ3n) is 4.68. The van der Waals surface area contributed by atoms with Crippen molar-refractivity contribution in [2.75, 3.05) is 13.2 Å². The average molecular weight is 413 g/mol. The van der Waals surface area contributed by atoms with E-state index < -0.39 is 0 Å². The van der Waals surface area contributed by atoms with Gasteiger partial charge < -0.3 is 18.5 Å². The summed E-state index contributed by atoms with van der Waals surface area (Å²) in [5.74, 6) is 0.676. The van der Waals surface area contributed by atoms with Crippen molar-refractivity contribution in [1.29, 1.82) is 0 Å². The third-order valence-corrected chi connectivity index (χ3v) is 4.68. The summed E-state index contributed by atoms with van der Waals surface area (Å²) in [6.45, 7) is 4.26. The molecule has 0 N–H and O–H groups in total. The molecule has 0 spiro atoms. The molecule has 7 heteroatoms. The molecule has 3 aromatic rings. The lowest BCUT2D eigenvalue weighted by molar-refractivity contribution is 0.268. The first-order chi connectivity index (χ1) is 14.5. The van der Waals surface area contributed by atoms with Gasteiger partial charge in [0.1, 0.15) is 11.6 Å². The van der Waals surface area contributed by atoms with Gasteiger partial charge in [0.05, 0.1) is 25.2 Å². The molecular weight excluding hydrogens is 389 g/mol. The summed E-state index contributed by atoms with van der Waals surface area (Å²) < 4.78 is 31.4. The van der Waals surface area contributed by atoms with Crippen LogP contribution < -0.4 is 20.3 Å². The Hall–Kier alpha value is -3.35. The molecule has 0 atom stereocenters. The number of aryl methyl sites for hydroxylation is 1. The number of ether oxygens (including phenoxy) is 2. The standard InChI is InChI=1S/C23H24FNO5/c1-16-22(20(26)10-12-25(16)19-8-6-18(24)7-9-19)29-13-4-3-5-14-30-23-17(2)28-15-11-21(23)27/h6-12,15H,3-5,13-14H2,1-2H3. The summed E-state index contributed by atoms with van der Waals surface area (Å²) in [6, 6.07) is 8.80. The molecule has 0 amide bonds. The SMILES string of the molecule is Cc1occc(=O)c1OCCCCCOc1c(C)n(-c2ccc(F)cc2)ccc1=O. The molecule has 0 bridgehead atoms. The lowest BCUT2D eigenvalue weighted by atomic mass is 10.2. The Morgan fingerprint density at radius 3 is 2.17 bits per heavy atom. The molecule has 158 valence electrons. The number of hydrogen-bond acceptors (Lipinski definition) is 5. The van der Waals surface area contributed by atoms with E-state index in [1.165, 1.54) is 30.5 Å². The zero-order chi connectivity index (χ0) is 21.5. The highest BCUT2D eigenvalue weighted by molar-refractivity contribution is 5.39. The normalized spacial score (nSPS) is 10.8. The van der Waals surface area contributed by atoms with E-state index in [-0.39, 0.29) is 28.2 Å². The van der Waals surface area contributed by atoms with Gasteiger partial charge in [-0.15, -0.1) is 0 Å². The van der Waals surface area contributed by atoms with Gasteiger partial charge in [-0.3, -0.25) is 9.59 Å². The van der Waals surface area contributed by atoms with Crippen LogP contribution in [0.15, 0.2) is 62.9 Å². The third kappa shape index (κ3) is 5.17. The van der Waals surface area contributed by atoms with Crippen molar-refractivity contribution >= 4 is 0 Å². The van der Waals surface area contributed by atoms with Gasteiger partial charge in [0.15, 0.2) is 5.75 Å². The van der Waals surface area contributed by atoms with Crippen molar-refractivity contribution in [1.82, 2.24) is 4.57 Å². The van der Waals surface area contributed by atoms with Crippen LogP contribution in [0.1, 0.15) is 30.7 Å². The van der Waals surface area contributed by atoms with E-state index in [0.717, 1.165) is 24.9 Å². The maximum absolute atomic E-state index is 13.2. The van der Waals surface area contributed by atoms with E-state index in [0.29, 0.717) is 24.7 Å². The molecule has 2 heterocycles. The fourth-order valence-corrected chi connectivity index (χ4v) is 3.08. The molecule has 0 radical (unpaired) electrons. The quantitative estimate of drug-likeness (QED) is 0.492. The molecule has 1 aromatic carbocycles. The van der Waals surface area contributed by atoms with Gasteiger partial charge in [-0.1, -0.05) is 0 Å². The number of pyridine rings is 1. The lowest BCUT2D eigenvalue weighted by Crippen LogP contribution is -2.15. The summed E-state index contributed by atoms with van der Waals surface area (Å²) in [5, 5.41) is 0. The molecule has 2 aromatic heterocycles. The molecule has 0 aliphatic carbocycles. The van der Waals surface area contributed by atoms with Gasteiger partial charge >= 0.3 is 0 Å². The minimum Gasteiger partial charge on any atom is -0.488 e. The lowest BCUT2D eigenvalue weighted by Gasteiger charge is -2.15. The highest BCUT2D eigenvalue weighted by atomic mass is 19.1. The first kappa shape index (κ1) is 21.4. The maximum atomic E-state index is 13.2. The number of rotatable bonds is 9. The highest BCUT2D eigenvalue weighted by Crippen LogP contribution is 2.18. The number of halogens is 1. The van der Waals surface area contributed by atoms with E-state index in [9.17, 15) is 14.0 Å². The maximum Gasteiger partial charge on any atom is 0.226 e. The number of hydrogen-bond donors (Lipinski definition) is 0. The van der Waals surface area contributed by atoms with Crippen molar-refractivity contribution in [3.05, 3.63) is 86.6 Å². The number of benzene rings is 1. The van der Waals surface area contributed by atoms with Gasteiger partial charge in [0.25, 0.3) is 0 Å². The minimum absolute atomic E-state index is 0.194. The van der Waals surface area contributed by atoms with E-state index in [1.807, 2.05) is 0 Å². The molecule has 0 saturated heterocycles. The topological polar surface area (TPSA) is 70.7 Å². The van der Waals surface area contributed by atoms with Crippen LogP contribution >= 0.6 is 0 Å². The van der Waals surface area contributed by atoms with Crippen molar-refractivity contribution < 1.29 is 18.3 Å². The number of aromatic nitrogens is 1. The fraction of sp³-hybridized carbons (Fsp3) is 0.304. The second kappa shape index (κ2) is 9.91. The Labute approximate surface area is 173 Å². The molecule has 6 nitrogen and oxygen atoms in total. The second-order valence-electron chi connectivity index (χ2n) is 6.87. The number of unbranched alkanes of at least 4 members (excludes halogenated alkanes) is 2. The molecule has 0 fully saturated rings. The van der Waals surface area contributed by atoms with E-state index in [1.54, 1.807) is 36.7 Å². The largest absolute Gasteiger partial charge is 0.488 e. The Bertz CT molecular complexity index is 1100. The molecule has 0 aliphatic heterocycles. The van der Waals surface area contributed by atoms with Crippen molar-refractivity contribution in [3.63, 3.8) is 0 Å². The summed E-state index contributed by atoms with van der Waals surface area (Å²) in [4.78, 5) is 23.9. The van der Waals surface area contributed by atoms with Crippen LogP contribution in [-0.2, 0) is 0 Å². The van der Waals surface area contributed by atoms with Gasteiger partial charge in [0, 0.05) is 24.0 Å². The summed E-state index contributed by atoms with van der Waals surface area (Å²) in [6.07, 6.45) is 5.28. The summed E-state index contributed by atoms with van der Waals surface area (Å²) in [5.41, 5.74) is 1.01. The number of nitrogens with zero attached hydrogens (tertiary/aromatic N) is 1. The fourth-order valence-electron chi connectivity index (χ4n) is 3.08. The Balaban J connectivity index is 1.50. The summed E-state index contributed by atoms with van der Waals surface area (Å²) >= 11 is 0. The van der Waals surface area contributed by atoms with Crippen molar-refractivity contribution in [2.24, 2.45) is 0 Å². The van der Waals surface area contributed by atoms with Gasteiger partial charge in [-0.2, -0.15) is 0 Å². The Kier molecular flexibility index (Phi) is 7.06. The molecule has 0 unspecified atom stereocenters. The Morgan fingerprint density at radius 2 is 1.50 bits per heavy atom. The van der Waals surface area contributed by atoms with Gasteiger partial charge in [0.2, 0.25) is 16.6 Å². The van der Waals surface area contributed by atoms with Gasteiger partial charge in [-0.25, -0.2) is 4.39 Å². The van der Waals surface area contributed by atoms with Crippen LogP contribution in [0.2, 0.25) is 0 Å². The molecule has 0 saturated carbocycles. The molecule has 30 heavy (non-hydrogen) atoms. The predicted octanol–water partition coefficient (Wildman–Crippen LogP) is 4.17. The molecule has 0 aliphatic rings. The van der Waals surface area contributed by atoms with Crippen LogP contribution in [0.4, 0.5) is 4.39 Å². The zero-order valence-electron chi connectivity index (χ0n) is 17.0. The van der Waals surface area contributed by atoms with E-state index in [2.05, 4.69) is 0 Å². The smallest absolute Gasteiger partial charge is 0.226 e. The monoisotopic (exact) mass is 413 g/mol. The van der Waals surface area contributed by atoms with Crippen LogP contribution in [0.3, 0.4) is 0 Å². The van der Waals surface area contributed by atoms with Crippen LogP contribution in [0.25, 0.3) is 5.69 Å². The second-order valence-corrected chi connectivity index (χ2v) is 6.87. The summed E-state index contributed by atoms with van der Waals surface area (Å²) in [7, 11) is 0. The zero-order valence-corrected chi connectivity index (χ0v) is 17.0. The van der Waals surface area contributed by atoms with Crippen molar-refractivity contribution in [2.45, 2.75) is 33.1 Å².